The smallest absolute Gasteiger partial charge is 0.251 e. The van der Waals surface area contributed by atoms with Gasteiger partial charge < -0.3 is 10.4 Å². The number of nitrogens with one attached hydrogen (secondary N) is 1. The minimum absolute atomic E-state index is 0.0928. The van der Waals surface area contributed by atoms with E-state index in [2.05, 4.69) is 20.4 Å². The van der Waals surface area contributed by atoms with Crippen molar-refractivity contribution in [2.75, 3.05) is 6.54 Å². The summed E-state index contributed by atoms with van der Waals surface area (Å²) >= 11 is 0. The second-order valence-corrected chi connectivity index (χ2v) is 8.10. The van der Waals surface area contributed by atoms with Gasteiger partial charge in [0.15, 0.2) is 0 Å². The van der Waals surface area contributed by atoms with Crippen molar-refractivity contribution < 1.29 is 9.90 Å². The molecular formula is C21H31N5O2. The summed E-state index contributed by atoms with van der Waals surface area (Å²) in [4.78, 5) is 21.5. The van der Waals surface area contributed by atoms with Crippen molar-refractivity contribution in [2.45, 2.75) is 78.2 Å². The van der Waals surface area contributed by atoms with Gasteiger partial charge in [-0.25, -0.2) is 14.6 Å². The van der Waals surface area contributed by atoms with Crippen LogP contribution in [0, 0.1) is 27.7 Å². The molecule has 0 bridgehead atoms. The SMILES string of the molecule is Cc1cc(C)nc(-n2nc(C)c(CC(=O)NCC3(O)CCCCCC3)c2C)n1. The first-order valence-corrected chi connectivity index (χ1v) is 10.1. The van der Waals surface area contributed by atoms with E-state index >= 15 is 0 Å². The number of hydrogen-bond donors (Lipinski definition) is 2. The van der Waals surface area contributed by atoms with Crippen LogP contribution in [0.3, 0.4) is 0 Å². The van der Waals surface area contributed by atoms with Gasteiger partial charge in [0.1, 0.15) is 0 Å². The Balaban J connectivity index is 1.70. The zero-order chi connectivity index (χ0) is 20.3. The van der Waals surface area contributed by atoms with Gasteiger partial charge in [0.25, 0.3) is 5.95 Å². The maximum atomic E-state index is 12.6. The fraction of sp³-hybridized carbons (Fsp3) is 0.619. The standard InChI is InChI=1S/C21H31N5O2/c1-14-11-15(2)24-20(23-14)26-17(4)18(16(3)25-26)12-19(27)22-13-21(28)9-7-5-6-8-10-21/h11,28H,5-10,12-13H2,1-4H3,(H,22,27). The molecule has 2 aromatic rings. The second-order valence-electron chi connectivity index (χ2n) is 8.10. The Kier molecular flexibility index (Phi) is 6.13. The number of nitrogens with zero attached hydrogens (tertiary/aromatic N) is 4. The van der Waals surface area contributed by atoms with E-state index in [0.29, 0.717) is 12.5 Å². The summed E-state index contributed by atoms with van der Waals surface area (Å²) in [7, 11) is 0. The Bertz CT molecular complexity index is 830. The first kappa shape index (κ1) is 20.5. The van der Waals surface area contributed by atoms with Gasteiger partial charge in [-0.3, -0.25) is 4.79 Å². The van der Waals surface area contributed by atoms with E-state index in [-0.39, 0.29) is 12.3 Å². The summed E-state index contributed by atoms with van der Waals surface area (Å²) in [5, 5.41) is 18.2. The lowest BCUT2D eigenvalue weighted by atomic mass is 9.94. The van der Waals surface area contributed by atoms with Crippen LogP contribution in [0.5, 0.6) is 0 Å². The molecule has 0 aromatic carbocycles. The maximum absolute atomic E-state index is 12.6. The second kappa shape index (κ2) is 8.39. The first-order chi connectivity index (χ1) is 13.3. The number of aliphatic hydroxyl groups is 1. The molecule has 2 N–H and O–H groups in total. The topological polar surface area (TPSA) is 92.9 Å². The summed E-state index contributed by atoms with van der Waals surface area (Å²) < 4.78 is 1.71. The third kappa shape index (κ3) is 4.76. The predicted octanol–water partition coefficient (Wildman–Crippen LogP) is 2.64. The summed E-state index contributed by atoms with van der Waals surface area (Å²) in [6, 6.07) is 1.92. The highest BCUT2D eigenvalue weighted by Gasteiger charge is 2.28. The number of aromatic nitrogens is 4. The van der Waals surface area contributed by atoms with E-state index in [1.807, 2.05) is 33.8 Å². The van der Waals surface area contributed by atoms with Gasteiger partial charge in [-0.05, 0) is 46.6 Å². The van der Waals surface area contributed by atoms with Crippen molar-refractivity contribution in [1.29, 1.82) is 0 Å². The Morgan fingerprint density at radius 1 is 1.11 bits per heavy atom. The minimum Gasteiger partial charge on any atom is -0.388 e. The lowest BCUT2D eigenvalue weighted by molar-refractivity contribution is -0.121. The van der Waals surface area contributed by atoms with Crippen LogP contribution in [0.25, 0.3) is 5.95 Å². The van der Waals surface area contributed by atoms with Crippen LogP contribution >= 0.6 is 0 Å². The summed E-state index contributed by atoms with van der Waals surface area (Å²) in [5.41, 5.74) is 3.53. The number of rotatable bonds is 5. The lowest BCUT2D eigenvalue weighted by Gasteiger charge is -2.26. The lowest BCUT2D eigenvalue weighted by Crippen LogP contribution is -2.43. The molecule has 1 aliphatic rings. The molecule has 3 rings (SSSR count). The van der Waals surface area contributed by atoms with Crippen LogP contribution in [-0.2, 0) is 11.2 Å². The van der Waals surface area contributed by atoms with E-state index in [4.69, 9.17) is 0 Å². The van der Waals surface area contributed by atoms with Crippen molar-refractivity contribution in [2.24, 2.45) is 0 Å². The molecule has 0 spiro atoms. The molecule has 0 radical (unpaired) electrons. The number of aryl methyl sites for hydroxylation is 3. The van der Waals surface area contributed by atoms with Crippen molar-refractivity contribution in [3.63, 3.8) is 0 Å². The molecule has 1 saturated carbocycles. The van der Waals surface area contributed by atoms with Crippen molar-refractivity contribution >= 4 is 5.91 Å². The Hall–Kier alpha value is -2.28. The minimum atomic E-state index is -0.770. The molecule has 0 aliphatic heterocycles. The van der Waals surface area contributed by atoms with E-state index in [1.54, 1.807) is 4.68 Å². The molecule has 0 unspecified atom stereocenters. The Morgan fingerprint density at radius 3 is 2.32 bits per heavy atom. The van der Waals surface area contributed by atoms with Gasteiger partial charge in [-0.15, -0.1) is 0 Å². The van der Waals surface area contributed by atoms with Gasteiger partial charge in [0, 0.05) is 29.2 Å². The summed E-state index contributed by atoms with van der Waals surface area (Å²) in [5.74, 6) is 0.433. The maximum Gasteiger partial charge on any atom is 0.251 e. The van der Waals surface area contributed by atoms with Gasteiger partial charge in [-0.2, -0.15) is 5.10 Å². The quantitative estimate of drug-likeness (QED) is 0.772. The van der Waals surface area contributed by atoms with Gasteiger partial charge in [0.05, 0.1) is 17.7 Å². The highest BCUT2D eigenvalue weighted by Crippen LogP contribution is 2.26. The molecule has 1 aliphatic carbocycles. The highest BCUT2D eigenvalue weighted by atomic mass is 16.3. The molecule has 0 saturated heterocycles. The first-order valence-electron chi connectivity index (χ1n) is 10.1. The monoisotopic (exact) mass is 385 g/mol. The van der Waals surface area contributed by atoms with Crippen LogP contribution in [0.4, 0.5) is 0 Å². The molecule has 7 heteroatoms. The van der Waals surface area contributed by atoms with E-state index in [1.165, 1.54) is 0 Å². The fourth-order valence-corrected chi connectivity index (χ4v) is 3.98. The number of hydrogen-bond acceptors (Lipinski definition) is 5. The molecule has 28 heavy (non-hydrogen) atoms. The molecule has 1 amide bonds. The van der Waals surface area contributed by atoms with Gasteiger partial charge >= 0.3 is 0 Å². The van der Waals surface area contributed by atoms with Crippen LogP contribution in [0.15, 0.2) is 6.07 Å². The average molecular weight is 386 g/mol. The summed E-state index contributed by atoms with van der Waals surface area (Å²) in [6.45, 7) is 8.00. The average Bonchev–Trinajstić information content (AvgIpc) is 2.79. The normalized spacial score (nSPS) is 16.6. The van der Waals surface area contributed by atoms with Crippen LogP contribution in [0.1, 0.15) is 66.9 Å². The Labute approximate surface area is 166 Å². The fourth-order valence-electron chi connectivity index (χ4n) is 3.98. The van der Waals surface area contributed by atoms with E-state index < -0.39 is 5.60 Å². The van der Waals surface area contributed by atoms with Crippen molar-refractivity contribution in [1.82, 2.24) is 25.1 Å². The van der Waals surface area contributed by atoms with Crippen LogP contribution < -0.4 is 5.32 Å². The number of carbonyl (C=O) groups excluding carboxylic acids is 1. The number of carbonyl (C=O) groups is 1. The molecule has 0 atom stereocenters. The van der Waals surface area contributed by atoms with Crippen molar-refractivity contribution in [3.05, 3.63) is 34.4 Å². The van der Waals surface area contributed by atoms with Crippen LogP contribution in [-0.4, -0.2) is 42.9 Å². The van der Waals surface area contributed by atoms with Crippen LogP contribution in [0.2, 0.25) is 0 Å². The third-order valence-electron chi connectivity index (χ3n) is 5.59. The highest BCUT2D eigenvalue weighted by molar-refractivity contribution is 5.79. The van der Waals surface area contributed by atoms with Gasteiger partial charge in [0.2, 0.25) is 5.91 Å². The third-order valence-corrected chi connectivity index (χ3v) is 5.59. The molecule has 2 aromatic heterocycles. The Morgan fingerprint density at radius 2 is 1.71 bits per heavy atom. The van der Waals surface area contributed by atoms with Gasteiger partial charge in [-0.1, -0.05) is 25.7 Å². The molecule has 1 fully saturated rings. The van der Waals surface area contributed by atoms with E-state index in [9.17, 15) is 9.90 Å². The van der Waals surface area contributed by atoms with Crippen molar-refractivity contribution in [3.8, 4) is 5.95 Å². The zero-order valence-electron chi connectivity index (χ0n) is 17.4. The molecule has 2 heterocycles. The summed E-state index contributed by atoms with van der Waals surface area (Å²) in [6.07, 6.45) is 6.11. The largest absolute Gasteiger partial charge is 0.388 e. The van der Waals surface area contributed by atoms with E-state index in [0.717, 1.165) is 66.9 Å². The molecule has 7 nitrogen and oxygen atoms in total. The molecular weight excluding hydrogens is 354 g/mol. The predicted molar refractivity (Wildman–Crippen MR) is 107 cm³/mol. The zero-order valence-corrected chi connectivity index (χ0v) is 17.4. The molecule has 152 valence electrons. The number of amides is 1.